The topological polar surface area (TPSA) is 87.1 Å². The lowest BCUT2D eigenvalue weighted by Crippen LogP contribution is -2.45. The minimum absolute atomic E-state index is 0.0259. The predicted molar refractivity (Wildman–Crippen MR) is 122 cm³/mol. The third-order valence-corrected chi connectivity index (χ3v) is 6.08. The van der Waals surface area contributed by atoms with Gasteiger partial charge in [-0.15, -0.1) is 0 Å². The van der Waals surface area contributed by atoms with Gasteiger partial charge in [0.25, 0.3) is 5.91 Å². The fraction of sp³-hybridized carbons (Fsp3) is 0.308. The van der Waals surface area contributed by atoms with Gasteiger partial charge in [0, 0.05) is 30.6 Å². The van der Waals surface area contributed by atoms with Crippen LogP contribution in [-0.2, 0) is 10.4 Å². The zero-order valence-corrected chi connectivity index (χ0v) is 17.9. The summed E-state index contributed by atoms with van der Waals surface area (Å²) in [4.78, 5) is 25.7. The van der Waals surface area contributed by atoms with Crippen LogP contribution < -0.4 is 4.74 Å². The van der Waals surface area contributed by atoms with Crippen molar-refractivity contribution in [3.8, 4) is 5.75 Å². The van der Waals surface area contributed by atoms with Crippen LogP contribution in [0, 0.1) is 0 Å². The summed E-state index contributed by atoms with van der Waals surface area (Å²) in [7, 11) is 0. The number of ether oxygens (including phenoxy) is 1. The molecule has 0 atom stereocenters. The van der Waals surface area contributed by atoms with Gasteiger partial charge in [0.15, 0.2) is 0 Å². The molecule has 1 aliphatic heterocycles. The van der Waals surface area contributed by atoms with Crippen molar-refractivity contribution in [2.45, 2.75) is 31.3 Å². The summed E-state index contributed by atoms with van der Waals surface area (Å²) in [5.41, 5.74) is 0.266. The number of hydrogen-bond donors (Lipinski definition) is 2. The van der Waals surface area contributed by atoms with Crippen molar-refractivity contribution in [1.29, 1.82) is 0 Å². The Morgan fingerprint density at radius 1 is 0.938 bits per heavy atom. The third-order valence-electron chi connectivity index (χ3n) is 6.08. The smallest absolute Gasteiger partial charge is 0.303 e. The zero-order chi connectivity index (χ0) is 22.6. The molecule has 6 heteroatoms. The second-order valence-corrected chi connectivity index (χ2v) is 8.19. The molecule has 0 saturated carbocycles. The van der Waals surface area contributed by atoms with Gasteiger partial charge < -0.3 is 19.8 Å². The number of carboxylic acids is 1. The van der Waals surface area contributed by atoms with Crippen molar-refractivity contribution >= 4 is 22.6 Å². The number of likely N-dealkylation sites (tertiary alicyclic amines) is 1. The molecule has 1 saturated heterocycles. The summed E-state index contributed by atoms with van der Waals surface area (Å²) in [5, 5.41) is 22.2. The summed E-state index contributed by atoms with van der Waals surface area (Å²) in [6.07, 6.45) is 1.24. The highest BCUT2D eigenvalue weighted by Gasteiger charge is 2.37. The molecule has 0 aliphatic carbocycles. The van der Waals surface area contributed by atoms with Crippen molar-refractivity contribution in [2.24, 2.45) is 0 Å². The number of carboxylic acid groups (broad SMARTS) is 1. The number of carbonyl (C=O) groups is 2. The molecule has 1 heterocycles. The Bertz CT molecular complexity index is 1110. The average molecular weight is 434 g/mol. The minimum Gasteiger partial charge on any atom is -0.493 e. The van der Waals surface area contributed by atoms with Gasteiger partial charge in [-0.1, -0.05) is 54.6 Å². The number of hydrogen-bond acceptors (Lipinski definition) is 4. The van der Waals surface area contributed by atoms with Crippen molar-refractivity contribution < 1.29 is 24.5 Å². The van der Waals surface area contributed by atoms with E-state index in [4.69, 9.17) is 9.84 Å². The fourth-order valence-corrected chi connectivity index (χ4v) is 4.31. The van der Waals surface area contributed by atoms with E-state index in [0.29, 0.717) is 49.2 Å². The van der Waals surface area contributed by atoms with E-state index in [0.717, 1.165) is 10.8 Å². The maximum atomic E-state index is 13.2. The highest BCUT2D eigenvalue weighted by Crippen LogP contribution is 2.38. The lowest BCUT2D eigenvalue weighted by Gasteiger charge is -2.39. The van der Waals surface area contributed by atoms with Gasteiger partial charge in [-0.25, -0.2) is 0 Å². The second-order valence-electron chi connectivity index (χ2n) is 8.19. The first kappa shape index (κ1) is 21.8. The van der Waals surface area contributed by atoms with Gasteiger partial charge in [-0.2, -0.15) is 0 Å². The molecule has 2 N–H and O–H groups in total. The van der Waals surface area contributed by atoms with Crippen LogP contribution in [0.4, 0.5) is 0 Å². The van der Waals surface area contributed by atoms with E-state index in [-0.39, 0.29) is 18.9 Å². The Labute approximate surface area is 187 Å². The molecule has 32 heavy (non-hydrogen) atoms. The van der Waals surface area contributed by atoms with Gasteiger partial charge in [0.2, 0.25) is 0 Å². The Hall–Kier alpha value is -3.38. The molecular weight excluding hydrogens is 406 g/mol. The molecule has 4 rings (SSSR count). The second kappa shape index (κ2) is 9.40. The van der Waals surface area contributed by atoms with E-state index in [1.165, 1.54) is 0 Å². The van der Waals surface area contributed by atoms with Gasteiger partial charge in [0.1, 0.15) is 5.75 Å². The van der Waals surface area contributed by atoms with Gasteiger partial charge in [0.05, 0.1) is 12.2 Å². The predicted octanol–water partition coefficient (Wildman–Crippen LogP) is 4.21. The minimum atomic E-state index is -1.10. The number of para-hydroxylation sites is 1. The number of benzene rings is 3. The molecule has 0 unspecified atom stereocenters. The molecule has 1 fully saturated rings. The number of piperidine rings is 1. The Kier molecular flexibility index (Phi) is 6.42. The lowest BCUT2D eigenvalue weighted by molar-refractivity contribution is -0.137. The molecule has 6 nitrogen and oxygen atoms in total. The number of rotatable bonds is 7. The first-order valence-corrected chi connectivity index (χ1v) is 10.9. The number of carbonyl (C=O) groups excluding carboxylic acids is 1. The number of amides is 1. The monoisotopic (exact) mass is 433 g/mol. The van der Waals surface area contributed by atoms with E-state index in [1.807, 2.05) is 60.7 Å². The molecule has 1 aliphatic rings. The first-order chi connectivity index (χ1) is 15.5. The molecule has 1 amide bonds. The quantitative estimate of drug-likeness (QED) is 0.545. The molecule has 0 bridgehead atoms. The van der Waals surface area contributed by atoms with Crippen molar-refractivity contribution in [1.82, 2.24) is 4.90 Å². The Morgan fingerprint density at radius 3 is 2.41 bits per heavy atom. The lowest BCUT2D eigenvalue weighted by atomic mass is 9.83. The largest absolute Gasteiger partial charge is 0.493 e. The first-order valence-electron chi connectivity index (χ1n) is 10.9. The SMILES string of the molecule is O=C(O)CCCOc1ccccc1C1(O)CCN(C(=O)c2cccc3ccccc23)CC1. The molecule has 0 radical (unpaired) electrons. The van der Waals surface area contributed by atoms with Gasteiger partial charge >= 0.3 is 5.97 Å². The van der Waals surface area contributed by atoms with Crippen molar-refractivity contribution in [3.05, 3.63) is 77.9 Å². The normalized spacial score (nSPS) is 15.5. The molecule has 0 spiro atoms. The van der Waals surface area contributed by atoms with Crippen molar-refractivity contribution in [2.75, 3.05) is 19.7 Å². The molecule has 166 valence electrons. The average Bonchev–Trinajstić information content (AvgIpc) is 2.81. The summed E-state index contributed by atoms with van der Waals surface area (Å²) < 4.78 is 5.79. The Morgan fingerprint density at radius 2 is 1.62 bits per heavy atom. The van der Waals surface area contributed by atoms with Crippen LogP contribution in [0.25, 0.3) is 10.8 Å². The Balaban J connectivity index is 1.46. The number of nitrogens with zero attached hydrogens (tertiary/aromatic N) is 1. The molecular formula is C26H27NO5. The van der Waals surface area contributed by atoms with Crippen LogP contribution in [0.3, 0.4) is 0 Å². The molecule has 3 aromatic carbocycles. The van der Waals surface area contributed by atoms with E-state index in [1.54, 1.807) is 11.0 Å². The number of aliphatic carboxylic acids is 1. The number of fused-ring (bicyclic) bond motifs is 1. The van der Waals surface area contributed by atoms with E-state index in [2.05, 4.69) is 0 Å². The highest BCUT2D eigenvalue weighted by molar-refractivity contribution is 6.07. The molecule has 0 aromatic heterocycles. The zero-order valence-electron chi connectivity index (χ0n) is 17.9. The van der Waals surface area contributed by atoms with Crippen LogP contribution in [0.1, 0.15) is 41.6 Å². The van der Waals surface area contributed by atoms with E-state index >= 15 is 0 Å². The fourth-order valence-electron chi connectivity index (χ4n) is 4.31. The maximum absolute atomic E-state index is 13.2. The summed E-state index contributed by atoms with van der Waals surface area (Å²) in [6.45, 7) is 1.14. The third kappa shape index (κ3) is 4.60. The van der Waals surface area contributed by atoms with Crippen LogP contribution >= 0.6 is 0 Å². The molecule has 3 aromatic rings. The van der Waals surface area contributed by atoms with Crippen LogP contribution in [0.15, 0.2) is 66.7 Å². The maximum Gasteiger partial charge on any atom is 0.303 e. The summed E-state index contributed by atoms with van der Waals surface area (Å²) >= 11 is 0. The van der Waals surface area contributed by atoms with Gasteiger partial charge in [-0.05, 0) is 42.2 Å². The van der Waals surface area contributed by atoms with E-state index < -0.39 is 11.6 Å². The van der Waals surface area contributed by atoms with Crippen LogP contribution in [0.5, 0.6) is 5.75 Å². The van der Waals surface area contributed by atoms with Crippen LogP contribution in [0.2, 0.25) is 0 Å². The van der Waals surface area contributed by atoms with E-state index in [9.17, 15) is 14.7 Å². The van der Waals surface area contributed by atoms with Crippen LogP contribution in [-0.4, -0.2) is 46.7 Å². The number of aliphatic hydroxyl groups is 1. The highest BCUT2D eigenvalue weighted by atomic mass is 16.5. The standard InChI is InChI=1S/C26H27NO5/c28-24(29)13-6-18-32-23-12-4-3-11-22(23)26(31)14-16-27(17-15-26)25(30)21-10-5-8-19-7-1-2-9-20(19)21/h1-5,7-12,31H,6,13-18H2,(H,28,29). The van der Waals surface area contributed by atoms with Gasteiger partial charge in [-0.3, -0.25) is 9.59 Å². The summed E-state index contributed by atoms with van der Waals surface area (Å²) in [5.74, 6) is -0.319. The van der Waals surface area contributed by atoms with Crippen molar-refractivity contribution in [3.63, 3.8) is 0 Å². The summed E-state index contributed by atoms with van der Waals surface area (Å²) in [6, 6.07) is 20.9.